The smallest absolute Gasteiger partial charge is 0.315 e. The molecule has 134 valence electrons. The lowest BCUT2D eigenvalue weighted by Crippen LogP contribution is -2.37. The van der Waals surface area contributed by atoms with Gasteiger partial charge in [0, 0.05) is 22.0 Å². The lowest BCUT2D eigenvalue weighted by atomic mass is 10.1. The van der Waals surface area contributed by atoms with Crippen LogP contribution < -0.4 is 10.6 Å². The zero-order valence-corrected chi connectivity index (χ0v) is 15.8. The van der Waals surface area contributed by atoms with E-state index < -0.39 is 0 Å². The number of amides is 2. The molecule has 25 heavy (non-hydrogen) atoms. The topological polar surface area (TPSA) is 84.7 Å². The zero-order valence-electron chi connectivity index (χ0n) is 14.3. The van der Waals surface area contributed by atoms with Gasteiger partial charge in [0.1, 0.15) is 0 Å². The number of nitrogens with one attached hydrogen (secondary N) is 2. The van der Waals surface area contributed by atoms with Crippen LogP contribution in [-0.4, -0.2) is 32.3 Å². The summed E-state index contributed by atoms with van der Waals surface area (Å²) in [5.74, 6) is 0.688. The largest absolute Gasteiger partial charge is 0.335 e. The van der Waals surface area contributed by atoms with E-state index in [9.17, 15) is 4.79 Å². The molecule has 1 aromatic heterocycles. The Labute approximate surface area is 156 Å². The number of carbonyl (C=O) groups excluding carboxylic acids is 1. The first-order chi connectivity index (χ1) is 11.7. The molecule has 1 saturated carbocycles. The third-order valence-electron chi connectivity index (χ3n) is 3.93. The predicted octanol–water partition coefficient (Wildman–Crippen LogP) is 3.09. The van der Waals surface area contributed by atoms with Crippen LogP contribution in [0.2, 0.25) is 10.0 Å². The summed E-state index contributed by atoms with van der Waals surface area (Å²) in [5, 5.41) is 19.1. The second kappa shape index (κ2) is 6.80. The second-order valence-corrected chi connectivity index (χ2v) is 7.95. The Balaban J connectivity index is 1.48. The van der Waals surface area contributed by atoms with Crippen molar-refractivity contribution in [3.05, 3.63) is 39.6 Å². The lowest BCUT2D eigenvalue weighted by Gasteiger charge is -2.15. The summed E-state index contributed by atoms with van der Waals surface area (Å²) in [6, 6.07) is 5.24. The average molecular weight is 383 g/mol. The minimum Gasteiger partial charge on any atom is -0.335 e. The minimum absolute atomic E-state index is 0.0666. The summed E-state index contributed by atoms with van der Waals surface area (Å²) < 4.78 is 0. The molecule has 0 spiro atoms. The maximum atomic E-state index is 12.0. The van der Waals surface area contributed by atoms with Gasteiger partial charge >= 0.3 is 6.03 Å². The van der Waals surface area contributed by atoms with Crippen molar-refractivity contribution in [1.82, 2.24) is 30.8 Å². The number of benzene rings is 1. The molecule has 0 bridgehead atoms. The van der Waals surface area contributed by atoms with Crippen molar-refractivity contribution >= 4 is 29.2 Å². The molecule has 0 aliphatic heterocycles. The Morgan fingerprint density at radius 3 is 2.76 bits per heavy atom. The van der Waals surface area contributed by atoms with E-state index in [1.807, 2.05) is 32.9 Å². The van der Waals surface area contributed by atoms with E-state index in [1.165, 1.54) is 4.80 Å². The van der Waals surface area contributed by atoms with Crippen LogP contribution in [0.4, 0.5) is 4.79 Å². The molecule has 2 N–H and O–H groups in total. The van der Waals surface area contributed by atoms with Crippen molar-refractivity contribution in [3.63, 3.8) is 0 Å². The molecule has 2 atom stereocenters. The van der Waals surface area contributed by atoms with Crippen molar-refractivity contribution < 1.29 is 4.79 Å². The van der Waals surface area contributed by atoms with Gasteiger partial charge < -0.3 is 10.6 Å². The Morgan fingerprint density at radius 2 is 2.12 bits per heavy atom. The van der Waals surface area contributed by atoms with E-state index >= 15 is 0 Å². The molecule has 2 amide bonds. The van der Waals surface area contributed by atoms with Gasteiger partial charge in [-0.1, -0.05) is 29.3 Å². The number of halogens is 2. The third-order valence-corrected chi connectivity index (χ3v) is 4.49. The second-order valence-electron chi connectivity index (χ2n) is 7.11. The van der Waals surface area contributed by atoms with Crippen LogP contribution in [-0.2, 0) is 12.1 Å². The van der Waals surface area contributed by atoms with Crippen molar-refractivity contribution in [3.8, 4) is 0 Å². The number of hydrogen-bond acceptors (Lipinski definition) is 4. The highest BCUT2D eigenvalue weighted by atomic mass is 35.5. The van der Waals surface area contributed by atoms with E-state index in [0.717, 1.165) is 12.0 Å². The van der Waals surface area contributed by atoms with Crippen molar-refractivity contribution in [2.24, 2.45) is 0 Å². The maximum absolute atomic E-state index is 12.0. The average Bonchev–Trinajstić information content (AvgIpc) is 3.08. The molecule has 0 saturated heterocycles. The van der Waals surface area contributed by atoms with Gasteiger partial charge in [-0.15, -0.1) is 10.2 Å². The van der Waals surface area contributed by atoms with Crippen molar-refractivity contribution in [2.75, 3.05) is 0 Å². The first-order valence-electron chi connectivity index (χ1n) is 8.03. The van der Waals surface area contributed by atoms with Crippen molar-refractivity contribution in [2.45, 2.75) is 51.2 Å². The number of rotatable bonds is 4. The Hall–Kier alpha value is -1.86. The quantitative estimate of drug-likeness (QED) is 0.850. The zero-order chi connectivity index (χ0) is 18.2. The number of carbonyl (C=O) groups is 1. The summed E-state index contributed by atoms with van der Waals surface area (Å²) >= 11 is 12.1. The standard InChI is InChI=1S/C16H20Cl2N6O/c1-16(2,3)24-22-14(21-23-24)8-19-15(25)20-13-7-11(13)10-5-4-9(17)6-12(10)18/h4-6,11,13H,7-8H2,1-3H3,(H2,19,20,25)/t11-,13+/m0/s1. The van der Waals surface area contributed by atoms with Gasteiger partial charge in [0.2, 0.25) is 0 Å². The van der Waals surface area contributed by atoms with E-state index in [1.54, 1.807) is 6.07 Å². The summed E-state index contributed by atoms with van der Waals surface area (Å²) in [6.45, 7) is 6.16. The molecule has 3 rings (SSSR count). The highest BCUT2D eigenvalue weighted by molar-refractivity contribution is 6.35. The lowest BCUT2D eigenvalue weighted by molar-refractivity contribution is 0.239. The molecule has 1 heterocycles. The van der Waals surface area contributed by atoms with Gasteiger partial charge in [-0.05, 0) is 50.1 Å². The van der Waals surface area contributed by atoms with Crippen LogP contribution in [0.3, 0.4) is 0 Å². The fraction of sp³-hybridized carbons (Fsp3) is 0.500. The van der Waals surface area contributed by atoms with Gasteiger partial charge in [-0.25, -0.2) is 4.79 Å². The van der Waals surface area contributed by atoms with Crippen LogP contribution in [0.5, 0.6) is 0 Å². The van der Waals surface area contributed by atoms with Crippen LogP contribution >= 0.6 is 23.2 Å². The normalized spacial score (nSPS) is 19.6. The monoisotopic (exact) mass is 382 g/mol. The van der Waals surface area contributed by atoms with Crippen LogP contribution in [0.25, 0.3) is 0 Å². The summed E-state index contributed by atoms with van der Waals surface area (Å²) in [4.78, 5) is 13.6. The molecular formula is C16H20Cl2N6O. The fourth-order valence-corrected chi connectivity index (χ4v) is 3.03. The molecule has 7 nitrogen and oxygen atoms in total. The summed E-state index contributed by atoms with van der Waals surface area (Å²) in [5.41, 5.74) is 0.762. The molecule has 0 radical (unpaired) electrons. The van der Waals surface area contributed by atoms with Crippen LogP contribution in [0.1, 0.15) is 44.5 Å². The third kappa shape index (κ3) is 4.41. The Morgan fingerprint density at radius 1 is 1.36 bits per heavy atom. The molecule has 0 unspecified atom stereocenters. The summed E-state index contributed by atoms with van der Waals surface area (Å²) in [7, 11) is 0. The van der Waals surface area contributed by atoms with Gasteiger partial charge in [0.05, 0.1) is 12.1 Å². The highest BCUT2D eigenvalue weighted by Gasteiger charge is 2.40. The minimum atomic E-state index is -0.260. The molecule has 9 heteroatoms. The first kappa shape index (κ1) is 17.9. The van der Waals surface area contributed by atoms with Gasteiger partial charge in [0.25, 0.3) is 0 Å². The van der Waals surface area contributed by atoms with Crippen molar-refractivity contribution in [1.29, 1.82) is 0 Å². The van der Waals surface area contributed by atoms with E-state index in [0.29, 0.717) is 15.9 Å². The molecule has 1 aromatic carbocycles. The number of aromatic nitrogens is 4. The number of tetrazole rings is 1. The van der Waals surface area contributed by atoms with Crippen LogP contribution in [0.15, 0.2) is 18.2 Å². The Kier molecular flexibility index (Phi) is 4.88. The first-order valence-corrected chi connectivity index (χ1v) is 8.78. The SMILES string of the molecule is CC(C)(C)n1nnc(CNC(=O)N[C@@H]2C[C@H]2c2ccc(Cl)cc2Cl)n1. The highest BCUT2D eigenvalue weighted by Crippen LogP contribution is 2.44. The van der Waals surface area contributed by atoms with Gasteiger partial charge in [-0.2, -0.15) is 4.80 Å². The molecule has 1 aliphatic carbocycles. The summed E-state index contributed by atoms with van der Waals surface area (Å²) in [6.07, 6.45) is 0.854. The van der Waals surface area contributed by atoms with Crippen LogP contribution in [0, 0.1) is 0 Å². The van der Waals surface area contributed by atoms with Gasteiger partial charge in [0.15, 0.2) is 5.82 Å². The fourth-order valence-electron chi connectivity index (χ4n) is 2.48. The predicted molar refractivity (Wildman–Crippen MR) is 95.8 cm³/mol. The Bertz CT molecular complexity index is 785. The number of hydrogen-bond donors (Lipinski definition) is 2. The number of nitrogens with zero attached hydrogens (tertiary/aromatic N) is 4. The molecular weight excluding hydrogens is 363 g/mol. The maximum Gasteiger partial charge on any atom is 0.315 e. The van der Waals surface area contributed by atoms with E-state index in [4.69, 9.17) is 23.2 Å². The van der Waals surface area contributed by atoms with E-state index in [2.05, 4.69) is 26.0 Å². The molecule has 1 aliphatic rings. The van der Waals surface area contributed by atoms with Gasteiger partial charge in [-0.3, -0.25) is 0 Å². The van der Waals surface area contributed by atoms with E-state index in [-0.39, 0.29) is 30.1 Å². The molecule has 1 fully saturated rings. The molecule has 2 aromatic rings. The number of urea groups is 1.